The molecule has 1 heterocycles. The van der Waals surface area contributed by atoms with Crippen LogP contribution in [-0.2, 0) is 11.3 Å². The second kappa shape index (κ2) is 11.8. The highest BCUT2D eigenvalue weighted by Crippen LogP contribution is 2.28. The zero-order chi connectivity index (χ0) is 21.1. The van der Waals surface area contributed by atoms with E-state index in [0.29, 0.717) is 38.0 Å². The number of rotatable bonds is 10. The minimum Gasteiger partial charge on any atom is -0.493 e. The quantitative estimate of drug-likeness (QED) is 0.396. The highest BCUT2D eigenvalue weighted by Gasteiger charge is 2.25. The van der Waals surface area contributed by atoms with Crippen molar-refractivity contribution in [3.63, 3.8) is 0 Å². The Morgan fingerprint density at radius 2 is 2.00 bits per heavy atom. The normalized spacial score (nSPS) is 17.5. The summed E-state index contributed by atoms with van der Waals surface area (Å²) in [6, 6.07) is 5.82. The van der Waals surface area contributed by atoms with Gasteiger partial charge in [0.05, 0.1) is 39.1 Å². The molecule has 3 N–H and O–H groups in total. The molecule has 1 aliphatic rings. The van der Waals surface area contributed by atoms with Crippen molar-refractivity contribution >= 4 is 5.96 Å². The smallest absolute Gasteiger partial charge is 0.191 e. The van der Waals surface area contributed by atoms with Crippen molar-refractivity contribution in [2.75, 3.05) is 59.7 Å². The van der Waals surface area contributed by atoms with E-state index < -0.39 is 5.60 Å². The average molecular weight is 409 g/mol. The van der Waals surface area contributed by atoms with Crippen LogP contribution in [0.4, 0.5) is 0 Å². The van der Waals surface area contributed by atoms with Gasteiger partial charge in [-0.3, -0.25) is 4.90 Å². The van der Waals surface area contributed by atoms with Gasteiger partial charge in [0.15, 0.2) is 17.5 Å². The van der Waals surface area contributed by atoms with Crippen LogP contribution >= 0.6 is 0 Å². The first-order chi connectivity index (χ1) is 14.0. The third-order valence-corrected chi connectivity index (χ3v) is 4.60. The third-order valence-electron chi connectivity index (χ3n) is 4.60. The van der Waals surface area contributed by atoms with Crippen LogP contribution in [0.1, 0.15) is 26.3 Å². The summed E-state index contributed by atoms with van der Waals surface area (Å²) in [6.45, 7) is 11.8. The lowest BCUT2D eigenvalue weighted by Gasteiger charge is -2.34. The van der Waals surface area contributed by atoms with E-state index in [0.717, 1.165) is 44.2 Å². The van der Waals surface area contributed by atoms with Crippen LogP contribution in [0.2, 0.25) is 0 Å². The van der Waals surface area contributed by atoms with E-state index in [-0.39, 0.29) is 0 Å². The van der Waals surface area contributed by atoms with Gasteiger partial charge in [0, 0.05) is 32.7 Å². The van der Waals surface area contributed by atoms with Crippen LogP contribution in [0.25, 0.3) is 0 Å². The summed E-state index contributed by atoms with van der Waals surface area (Å²) < 4.78 is 16.3. The molecule has 1 saturated heterocycles. The zero-order valence-corrected chi connectivity index (χ0v) is 18.2. The molecular weight excluding hydrogens is 372 g/mol. The SMILES string of the molecule is CCNC(=NCc1ccc(OCC)c(OC)c1)NCC(C)(O)CN1CCOCC1. The molecular formula is C21H36N4O4. The van der Waals surface area contributed by atoms with Gasteiger partial charge in [-0.25, -0.2) is 4.99 Å². The minimum atomic E-state index is -0.865. The Kier molecular flexibility index (Phi) is 9.50. The highest BCUT2D eigenvalue weighted by molar-refractivity contribution is 5.79. The molecule has 1 unspecified atom stereocenters. The Balaban J connectivity index is 1.94. The first kappa shape index (κ1) is 23.3. The number of benzene rings is 1. The maximum absolute atomic E-state index is 10.8. The first-order valence-corrected chi connectivity index (χ1v) is 10.3. The van der Waals surface area contributed by atoms with Gasteiger partial charge in [-0.1, -0.05) is 6.07 Å². The summed E-state index contributed by atoms with van der Waals surface area (Å²) in [4.78, 5) is 6.86. The Bertz CT molecular complexity index is 646. The van der Waals surface area contributed by atoms with Crippen LogP contribution in [0.5, 0.6) is 11.5 Å². The number of nitrogens with zero attached hydrogens (tertiary/aromatic N) is 2. The Morgan fingerprint density at radius 3 is 2.66 bits per heavy atom. The van der Waals surface area contributed by atoms with Crippen LogP contribution < -0.4 is 20.1 Å². The number of morpholine rings is 1. The molecule has 0 aliphatic carbocycles. The zero-order valence-electron chi connectivity index (χ0n) is 18.2. The lowest BCUT2D eigenvalue weighted by molar-refractivity contribution is -0.0201. The van der Waals surface area contributed by atoms with Crippen molar-refractivity contribution < 1.29 is 19.3 Å². The van der Waals surface area contributed by atoms with Gasteiger partial charge in [0.1, 0.15) is 0 Å². The van der Waals surface area contributed by atoms with E-state index in [2.05, 4.69) is 20.5 Å². The van der Waals surface area contributed by atoms with Crippen molar-refractivity contribution in [3.05, 3.63) is 23.8 Å². The number of aliphatic hydroxyl groups is 1. The fourth-order valence-electron chi connectivity index (χ4n) is 3.17. The van der Waals surface area contributed by atoms with E-state index in [4.69, 9.17) is 14.2 Å². The Labute approximate surface area is 174 Å². The molecule has 1 aromatic carbocycles. The van der Waals surface area contributed by atoms with Gasteiger partial charge >= 0.3 is 0 Å². The van der Waals surface area contributed by atoms with Crippen molar-refractivity contribution in [2.45, 2.75) is 32.9 Å². The van der Waals surface area contributed by atoms with Gasteiger partial charge in [0.25, 0.3) is 0 Å². The van der Waals surface area contributed by atoms with E-state index in [1.165, 1.54) is 0 Å². The number of guanidine groups is 1. The van der Waals surface area contributed by atoms with Gasteiger partial charge in [-0.2, -0.15) is 0 Å². The molecule has 0 spiro atoms. The fraction of sp³-hybridized carbons (Fsp3) is 0.667. The molecule has 0 bridgehead atoms. The highest BCUT2D eigenvalue weighted by atomic mass is 16.5. The number of β-amino-alcohol motifs (C(OH)–C–C–N with tert-alkyl or cyclic N) is 1. The molecule has 0 saturated carbocycles. The van der Waals surface area contributed by atoms with Crippen LogP contribution in [0.15, 0.2) is 23.2 Å². The van der Waals surface area contributed by atoms with Crippen molar-refractivity contribution in [3.8, 4) is 11.5 Å². The number of nitrogens with one attached hydrogen (secondary N) is 2. The monoisotopic (exact) mass is 408 g/mol. The van der Waals surface area contributed by atoms with E-state index in [9.17, 15) is 5.11 Å². The largest absolute Gasteiger partial charge is 0.493 e. The van der Waals surface area contributed by atoms with Gasteiger partial charge < -0.3 is 30.0 Å². The number of aliphatic imine (C=N–C) groups is 1. The van der Waals surface area contributed by atoms with Crippen LogP contribution in [0, 0.1) is 0 Å². The molecule has 0 aromatic heterocycles. The molecule has 164 valence electrons. The minimum absolute atomic E-state index is 0.406. The topological polar surface area (TPSA) is 87.6 Å². The fourth-order valence-corrected chi connectivity index (χ4v) is 3.17. The summed E-state index contributed by atoms with van der Waals surface area (Å²) in [5.74, 6) is 2.10. The van der Waals surface area contributed by atoms with Crippen molar-refractivity contribution in [1.29, 1.82) is 0 Å². The molecule has 1 aromatic rings. The molecule has 1 atom stereocenters. The van der Waals surface area contributed by atoms with E-state index in [1.807, 2.05) is 39.0 Å². The summed E-state index contributed by atoms with van der Waals surface area (Å²) in [5.41, 5.74) is 0.151. The van der Waals surface area contributed by atoms with Gasteiger partial charge in [0.2, 0.25) is 0 Å². The lowest BCUT2D eigenvalue weighted by Crippen LogP contribution is -2.52. The first-order valence-electron chi connectivity index (χ1n) is 10.3. The molecule has 1 fully saturated rings. The second-order valence-corrected chi connectivity index (χ2v) is 7.35. The van der Waals surface area contributed by atoms with E-state index >= 15 is 0 Å². The Hall–Kier alpha value is -2.03. The number of hydrogen-bond acceptors (Lipinski definition) is 6. The molecule has 1 aliphatic heterocycles. The summed E-state index contributed by atoms with van der Waals surface area (Å²) in [7, 11) is 1.63. The lowest BCUT2D eigenvalue weighted by atomic mass is 10.1. The maximum atomic E-state index is 10.8. The van der Waals surface area contributed by atoms with Gasteiger partial charge in [-0.05, 0) is 38.5 Å². The number of hydrogen-bond donors (Lipinski definition) is 3. The molecule has 29 heavy (non-hydrogen) atoms. The van der Waals surface area contributed by atoms with Gasteiger partial charge in [-0.15, -0.1) is 0 Å². The van der Waals surface area contributed by atoms with Crippen molar-refractivity contribution in [2.24, 2.45) is 4.99 Å². The molecule has 2 rings (SSSR count). The maximum Gasteiger partial charge on any atom is 0.191 e. The van der Waals surface area contributed by atoms with Crippen LogP contribution in [-0.4, -0.2) is 81.2 Å². The van der Waals surface area contributed by atoms with Crippen LogP contribution in [0.3, 0.4) is 0 Å². The molecule has 0 amide bonds. The standard InChI is InChI=1S/C21H36N4O4/c1-5-22-20(24-15-21(3,26)16-25-9-11-28-12-10-25)23-14-17-7-8-18(29-6-2)19(13-17)27-4/h7-8,13,26H,5-6,9-12,14-16H2,1-4H3,(H2,22,23,24). The predicted octanol–water partition coefficient (Wildman–Crippen LogP) is 1.23. The molecule has 8 nitrogen and oxygen atoms in total. The summed E-state index contributed by atoms with van der Waals surface area (Å²) in [6.07, 6.45) is 0. The Morgan fingerprint density at radius 1 is 1.24 bits per heavy atom. The van der Waals surface area contributed by atoms with E-state index in [1.54, 1.807) is 7.11 Å². The predicted molar refractivity (Wildman–Crippen MR) is 115 cm³/mol. The number of methoxy groups -OCH3 is 1. The number of ether oxygens (including phenoxy) is 3. The molecule has 0 radical (unpaired) electrons. The summed E-state index contributed by atoms with van der Waals surface area (Å²) >= 11 is 0. The molecule has 8 heteroatoms. The average Bonchev–Trinajstić information content (AvgIpc) is 2.71. The second-order valence-electron chi connectivity index (χ2n) is 7.35. The van der Waals surface area contributed by atoms with Crippen molar-refractivity contribution in [1.82, 2.24) is 15.5 Å². The summed E-state index contributed by atoms with van der Waals surface area (Å²) in [5, 5.41) is 17.2. The third kappa shape index (κ3) is 8.08.